The molecular weight excluding hydrogens is 292 g/mol. The first-order chi connectivity index (χ1) is 10.2. The monoisotopic (exact) mass is 316 g/mol. The van der Waals surface area contributed by atoms with Crippen molar-refractivity contribution in [1.82, 2.24) is 4.98 Å². The lowest BCUT2D eigenvalue weighted by Crippen LogP contribution is -2.36. The van der Waals surface area contributed by atoms with Gasteiger partial charge in [-0.1, -0.05) is 57.0 Å². The van der Waals surface area contributed by atoms with Gasteiger partial charge in [0, 0.05) is 27.3 Å². The molecule has 0 bridgehead atoms. The molecule has 0 aliphatic heterocycles. The van der Waals surface area contributed by atoms with E-state index in [1.165, 1.54) is 27.4 Å². The Morgan fingerprint density at radius 2 is 1.55 bits per heavy atom. The number of fused-ring (bicyclic) bond motifs is 3. The van der Waals surface area contributed by atoms with Crippen LogP contribution in [0.15, 0.2) is 42.5 Å². The molecule has 0 spiro atoms. The number of nitrogens with two attached hydrogens (primary N) is 1. The molecule has 3 heteroatoms. The molecular formula is C19H25ClN2. The minimum absolute atomic E-state index is 0. The molecule has 2 aromatic carbocycles. The van der Waals surface area contributed by atoms with Crippen molar-refractivity contribution >= 4 is 34.2 Å². The highest BCUT2D eigenvalue weighted by atomic mass is 35.5. The molecule has 3 rings (SSSR count). The quantitative estimate of drug-likeness (QED) is 0.641. The summed E-state index contributed by atoms with van der Waals surface area (Å²) in [6.45, 7) is 4.43. The predicted molar refractivity (Wildman–Crippen MR) is 98.7 cm³/mol. The van der Waals surface area contributed by atoms with Crippen molar-refractivity contribution in [3.8, 4) is 0 Å². The molecule has 0 saturated heterocycles. The molecule has 0 saturated carbocycles. The second-order valence-corrected chi connectivity index (χ2v) is 6.05. The van der Waals surface area contributed by atoms with Crippen LogP contribution in [0.1, 0.15) is 45.1 Å². The van der Waals surface area contributed by atoms with Crippen LogP contribution in [0.4, 0.5) is 0 Å². The largest absolute Gasteiger partial charge is 0.355 e. The molecule has 1 aromatic heterocycles. The van der Waals surface area contributed by atoms with E-state index in [2.05, 4.69) is 61.3 Å². The fraction of sp³-hybridized carbons (Fsp3) is 0.368. The average molecular weight is 317 g/mol. The first-order valence-corrected chi connectivity index (χ1v) is 7.98. The number of aromatic nitrogens is 1. The summed E-state index contributed by atoms with van der Waals surface area (Å²) in [5.74, 6) is 0. The second kappa shape index (κ2) is 6.72. The number of H-pyrrole nitrogens is 1. The van der Waals surface area contributed by atoms with Crippen molar-refractivity contribution in [1.29, 1.82) is 0 Å². The van der Waals surface area contributed by atoms with E-state index in [4.69, 9.17) is 5.73 Å². The number of nitrogens with one attached hydrogen (secondary N) is 1. The summed E-state index contributed by atoms with van der Waals surface area (Å²) in [7, 11) is 0. The van der Waals surface area contributed by atoms with E-state index in [0.717, 1.165) is 25.7 Å². The van der Waals surface area contributed by atoms with Gasteiger partial charge in [-0.05, 0) is 30.5 Å². The summed E-state index contributed by atoms with van der Waals surface area (Å²) < 4.78 is 0. The number of hydrogen-bond donors (Lipinski definition) is 2. The van der Waals surface area contributed by atoms with E-state index >= 15 is 0 Å². The zero-order valence-electron chi connectivity index (χ0n) is 13.4. The summed E-state index contributed by atoms with van der Waals surface area (Å²) in [5, 5.41) is 2.59. The van der Waals surface area contributed by atoms with Gasteiger partial charge in [0.1, 0.15) is 0 Å². The number of para-hydroxylation sites is 1. The molecule has 3 aromatic rings. The van der Waals surface area contributed by atoms with Gasteiger partial charge in [-0.3, -0.25) is 0 Å². The van der Waals surface area contributed by atoms with Crippen LogP contribution >= 0.6 is 12.4 Å². The Morgan fingerprint density at radius 1 is 0.909 bits per heavy atom. The third-order valence-corrected chi connectivity index (χ3v) is 4.46. The molecule has 1 heterocycles. The molecule has 0 aliphatic rings. The average Bonchev–Trinajstić information content (AvgIpc) is 2.86. The molecule has 2 nitrogen and oxygen atoms in total. The van der Waals surface area contributed by atoms with Gasteiger partial charge >= 0.3 is 0 Å². The number of rotatable bonds is 5. The van der Waals surface area contributed by atoms with E-state index in [0.29, 0.717) is 0 Å². The summed E-state index contributed by atoms with van der Waals surface area (Å²) in [4.78, 5) is 3.52. The molecule has 0 amide bonds. The minimum Gasteiger partial charge on any atom is -0.355 e. The number of hydrogen-bond acceptors (Lipinski definition) is 1. The number of halogens is 1. The highest BCUT2D eigenvalue weighted by Gasteiger charge is 2.28. The van der Waals surface area contributed by atoms with Crippen LogP contribution in [-0.4, -0.2) is 4.98 Å². The van der Waals surface area contributed by atoms with Crippen molar-refractivity contribution in [2.45, 2.75) is 45.1 Å². The summed E-state index contributed by atoms with van der Waals surface area (Å²) in [5.41, 5.74) is 10.3. The maximum atomic E-state index is 6.84. The third-order valence-electron chi connectivity index (χ3n) is 4.46. The Balaban J connectivity index is 0.00000176. The van der Waals surface area contributed by atoms with E-state index < -0.39 is 0 Å². The molecule has 0 unspecified atom stereocenters. The molecule has 0 radical (unpaired) electrons. The fourth-order valence-electron chi connectivity index (χ4n) is 3.60. The highest BCUT2D eigenvalue weighted by molar-refractivity contribution is 6.09. The van der Waals surface area contributed by atoms with Gasteiger partial charge in [0.05, 0.1) is 0 Å². The number of aromatic amines is 1. The standard InChI is InChI=1S/C19H24N2.ClH/c1-3-12-19(20,13-4-2)15-9-7-11-17-18(15)14-8-5-6-10-16(14)21-17;/h5-11,21H,3-4,12-13,20H2,1-2H3;1H. The molecule has 0 aliphatic carbocycles. The smallest absolute Gasteiger partial charge is 0.0468 e. The lowest BCUT2D eigenvalue weighted by atomic mass is 9.80. The van der Waals surface area contributed by atoms with Crippen LogP contribution in [-0.2, 0) is 5.54 Å². The van der Waals surface area contributed by atoms with Crippen LogP contribution in [0.5, 0.6) is 0 Å². The Kier molecular flexibility index (Phi) is 5.15. The summed E-state index contributed by atoms with van der Waals surface area (Å²) in [6, 6.07) is 15.0. The van der Waals surface area contributed by atoms with Crippen LogP contribution in [0.2, 0.25) is 0 Å². The Morgan fingerprint density at radius 3 is 2.23 bits per heavy atom. The normalized spacial score (nSPS) is 11.8. The summed E-state index contributed by atoms with van der Waals surface area (Å²) >= 11 is 0. The zero-order valence-corrected chi connectivity index (χ0v) is 14.2. The SMILES string of the molecule is CCCC(N)(CCC)c1cccc2[nH]c3ccccc3c12.Cl. The first-order valence-electron chi connectivity index (χ1n) is 7.98. The van der Waals surface area contributed by atoms with Crippen molar-refractivity contribution in [2.75, 3.05) is 0 Å². The Labute approximate surface area is 138 Å². The summed E-state index contributed by atoms with van der Waals surface area (Å²) in [6.07, 6.45) is 4.27. The van der Waals surface area contributed by atoms with Crippen LogP contribution in [0, 0.1) is 0 Å². The molecule has 0 fully saturated rings. The van der Waals surface area contributed by atoms with Crippen LogP contribution in [0.3, 0.4) is 0 Å². The van der Waals surface area contributed by atoms with Gasteiger partial charge in [-0.2, -0.15) is 0 Å². The van der Waals surface area contributed by atoms with E-state index in [-0.39, 0.29) is 17.9 Å². The van der Waals surface area contributed by atoms with E-state index in [1.54, 1.807) is 0 Å². The Hall–Kier alpha value is -1.51. The fourth-order valence-corrected chi connectivity index (χ4v) is 3.60. The van der Waals surface area contributed by atoms with Gasteiger partial charge in [0.25, 0.3) is 0 Å². The van der Waals surface area contributed by atoms with Gasteiger partial charge in [-0.25, -0.2) is 0 Å². The number of benzene rings is 2. The van der Waals surface area contributed by atoms with Gasteiger partial charge < -0.3 is 10.7 Å². The lowest BCUT2D eigenvalue weighted by molar-refractivity contribution is 0.372. The van der Waals surface area contributed by atoms with Gasteiger partial charge in [0.15, 0.2) is 0 Å². The maximum absolute atomic E-state index is 6.84. The minimum atomic E-state index is -0.228. The van der Waals surface area contributed by atoms with Crippen LogP contribution in [0.25, 0.3) is 21.8 Å². The molecule has 0 atom stereocenters. The van der Waals surface area contributed by atoms with Gasteiger partial charge in [0.2, 0.25) is 0 Å². The highest BCUT2D eigenvalue weighted by Crippen LogP contribution is 2.37. The maximum Gasteiger partial charge on any atom is 0.0468 e. The van der Waals surface area contributed by atoms with E-state index in [9.17, 15) is 0 Å². The van der Waals surface area contributed by atoms with Crippen LogP contribution < -0.4 is 5.73 Å². The topological polar surface area (TPSA) is 41.8 Å². The molecule has 118 valence electrons. The Bertz CT molecular complexity index is 754. The second-order valence-electron chi connectivity index (χ2n) is 6.05. The van der Waals surface area contributed by atoms with E-state index in [1.807, 2.05) is 0 Å². The first kappa shape index (κ1) is 16.9. The van der Waals surface area contributed by atoms with Gasteiger partial charge in [-0.15, -0.1) is 12.4 Å². The predicted octanol–water partition coefficient (Wildman–Crippen LogP) is 5.50. The lowest BCUT2D eigenvalue weighted by Gasteiger charge is -2.30. The van der Waals surface area contributed by atoms with Crippen molar-refractivity contribution in [3.05, 3.63) is 48.0 Å². The molecule has 22 heavy (non-hydrogen) atoms. The zero-order chi connectivity index (χ0) is 14.9. The third kappa shape index (κ3) is 2.73. The van der Waals surface area contributed by atoms with Crippen molar-refractivity contribution in [3.63, 3.8) is 0 Å². The molecule has 3 N–H and O–H groups in total. The van der Waals surface area contributed by atoms with Crippen molar-refractivity contribution in [2.24, 2.45) is 5.73 Å². The van der Waals surface area contributed by atoms with Crippen molar-refractivity contribution < 1.29 is 0 Å².